The fraction of sp³-hybridized carbons (Fsp3) is 0.458. The van der Waals surface area contributed by atoms with Gasteiger partial charge in [-0.1, -0.05) is 60.7 Å². The van der Waals surface area contributed by atoms with Crippen LogP contribution in [0.5, 0.6) is 0 Å². The Hall–Kier alpha value is -1.48. The van der Waals surface area contributed by atoms with Gasteiger partial charge < -0.3 is 42.7 Å². The SMILES string of the molecule is C[N+]1(CC(COCc2ccccc2)OC(=O)CCc2ccccc2)CCOCC1.[I-]. The number of hydrogen-bond acceptors (Lipinski definition) is 4. The van der Waals surface area contributed by atoms with E-state index in [1.54, 1.807) is 0 Å². The number of carbonyl (C=O) groups is 1. The van der Waals surface area contributed by atoms with Crippen LogP contribution >= 0.6 is 0 Å². The number of morpholine rings is 1. The largest absolute Gasteiger partial charge is 1.00 e. The first kappa shape index (κ1) is 24.8. The Kier molecular flexibility index (Phi) is 10.8. The zero-order valence-corrected chi connectivity index (χ0v) is 19.8. The van der Waals surface area contributed by atoms with Crippen molar-refractivity contribution in [2.45, 2.75) is 25.6 Å². The van der Waals surface area contributed by atoms with E-state index in [-0.39, 0.29) is 36.0 Å². The summed E-state index contributed by atoms with van der Waals surface area (Å²) in [6.07, 6.45) is 0.813. The van der Waals surface area contributed by atoms with Gasteiger partial charge in [0.05, 0.1) is 33.5 Å². The van der Waals surface area contributed by atoms with E-state index in [0.717, 1.165) is 48.5 Å². The van der Waals surface area contributed by atoms with Crippen LogP contribution in [-0.2, 0) is 32.0 Å². The highest BCUT2D eigenvalue weighted by molar-refractivity contribution is 5.70. The molecule has 0 radical (unpaired) electrons. The van der Waals surface area contributed by atoms with E-state index in [4.69, 9.17) is 14.2 Å². The van der Waals surface area contributed by atoms with Crippen molar-refractivity contribution in [2.75, 3.05) is 46.5 Å². The fourth-order valence-electron chi connectivity index (χ4n) is 3.60. The average molecular weight is 525 g/mol. The van der Waals surface area contributed by atoms with Crippen LogP contribution in [0.15, 0.2) is 60.7 Å². The minimum absolute atomic E-state index is 0. The van der Waals surface area contributed by atoms with Crippen molar-refractivity contribution in [1.29, 1.82) is 0 Å². The molecule has 2 aromatic rings. The van der Waals surface area contributed by atoms with Crippen LogP contribution in [0.2, 0.25) is 0 Å². The lowest BCUT2D eigenvalue weighted by Gasteiger charge is -2.39. The summed E-state index contributed by atoms with van der Waals surface area (Å²) in [5, 5.41) is 0. The molecule has 30 heavy (non-hydrogen) atoms. The lowest BCUT2D eigenvalue weighted by molar-refractivity contribution is -0.919. The molecule has 1 atom stereocenters. The maximum Gasteiger partial charge on any atom is 0.306 e. The predicted molar refractivity (Wildman–Crippen MR) is 112 cm³/mol. The van der Waals surface area contributed by atoms with Crippen molar-refractivity contribution in [3.05, 3.63) is 71.8 Å². The summed E-state index contributed by atoms with van der Waals surface area (Å²) < 4.78 is 18.1. The first-order chi connectivity index (χ1) is 14.1. The molecule has 0 spiro atoms. The standard InChI is InChI=1S/C24H32NO4.HI/c1-25(14-16-27-17-15-25)18-23(20-28-19-22-10-6-3-7-11-22)29-24(26)13-12-21-8-4-2-5-9-21;/h2-11,23H,12-20H2,1H3;1H/q+1;/p-1. The van der Waals surface area contributed by atoms with Gasteiger partial charge in [0.15, 0.2) is 6.10 Å². The number of quaternary nitrogens is 1. The van der Waals surface area contributed by atoms with Crippen molar-refractivity contribution >= 4 is 5.97 Å². The Balaban J connectivity index is 0.00000320. The molecule has 0 bridgehead atoms. The molecule has 1 saturated heterocycles. The molecule has 1 aliphatic rings. The second kappa shape index (κ2) is 13.0. The maximum atomic E-state index is 12.5. The molecule has 5 nitrogen and oxygen atoms in total. The quantitative estimate of drug-likeness (QED) is 0.253. The first-order valence-electron chi connectivity index (χ1n) is 10.4. The normalized spacial score (nSPS) is 16.3. The predicted octanol–water partition coefficient (Wildman–Crippen LogP) is 0.229. The Morgan fingerprint density at radius 1 is 1.00 bits per heavy atom. The van der Waals surface area contributed by atoms with Gasteiger partial charge in [-0.3, -0.25) is 4.79 Å². The van der Waals surface area contributed by atoms with Gasteiger partial charge in [-0.25, -0.2) is 0 Å². The molecule has 1 heterocycles. The van der Waals surface area contributed by atoms with Crippen LogP contribution in [0.4, 0.5) is 0 Å². The number of ether oxygens (including phenoxy) is 3. The smallest absolute Gasteiger partial charge is 0.306 e. The van der Waals surface area contributed by atoms with E-state index < -0.39 is 0 Å². The van der Waals surface area contributed by atoms with Gasteiger partial charge in [0.1, 0.15) is 19.6 Å². The number of esters is 1. The maximum absolute atomic E-state index is 12.5. The Morgan fingerprint density at radius 2 is 1.60 bits per heavy atom. The van der Waals surface area contributed by atoms with E-state index >= 15 is 0 Å². The highest BCUT2D eigenvalue weighted by atomic mass is 127. The van der Waals surface area contributed by atoms with Gasteiger partial charge in [-0.15, -0.1) is 0 Å². The number of benzene rings is 2. The fourth-order valence-corrected chi connectivity index (χ4v) is 3.60. The molecular weight excluding hydrogens is 493 g/mol. The van der Waals surface area contributed by atoms with E-state index in [9.17, 15) is 4.79 Å². The number of carbonyl (C=O) groups excluding carboxylic acids is 1. The van der Waals surface area contributed by atoms with Crippen molar-refractivity contribution in [1.82, 2.24) is 0 Å². The van der Waals surface area contributed by atoms with Gasteiger partial charge in [-0.05, 0) is 17.5 Å². The van der Waals surface area contributed by atoms with Crippen LogP contribution in [0.25, 0.3) is 0 Å². The monoisotopic (exact) mass is 525 g/mol. The summed E-state index contributed by atoms with van der Waals surface area (Å²) in [6, 6.07) is 20.1. The third-order valence-corrected chi connectivity index (χ3v) is 5.37. The third kappa shape index (κ3) is 8.71. The van der Waals surface area contributed by atoms with Crippen molar-refractivity contribution in [3.8, 4) is 0 Å². The Bertz CT molecular complexity index is 735. The van der Waals surface area contributed by atoms with Gasteiger partial charge in [0.2, 0.25) is 0 Å². The number of likely N-dealkylation sites (N-methyl/N-ethyl adjacent to an activating group) is 1. The molecule has 0 N–H and O–H groups in total. The van der Waals surface area contributed by atoms with Gasteiger partial charge >= 0.3 is 5.97 Å². The zero-order chi connectivity index (χ0) is 20.4. The average Bonchev–Trinajstić information content (AvgIpc) is 2.74. The minimum Gasteiger partial charge on any atom is -1.00 e. The van der Waals surface area contributed by atoms with Crippen LogP contribution < -0.4 is 24.0 Å². The summed E-state index contributed by atoms with van der Waals surface area (Å²) in [7, 11) is 2.20. The summed E-state index contributed by atoms with van der Waals surface area (Å²) in [6.45, 7) is 5.02. The number of aryl methyl sites for hydroxylation is 1. The number of rotatable bonds is 10. The van der Waals surface area contributed by atoms with Gasteiger partial charge in [0, 0.05) is 6.42 Å². The second-order valence-electron chi connectivity index (χ2n) is 7.96. The number of hydrogen-bond donors (Lipinski definition) is 0. The van der Waals surface area contributed by atoms with Crippen LogP contribution in [0.3, 0.4) is 0 Å². The van der Waals surface area contributed by atoms with E-state index in [0.29, 0.717) is 26.1 Å². The lowest BCUT2D eigenvalue weighted by Crippen LogP contribution is -3.00. The third-order valence-electron chi connectivity index (χ3n) is 5.37. The van der Waals surface area contributed by atoms with Crippen molar-refractivity contribution in [2.24, 2.45) is 0 Å². The number of nitrogens with zero attached hydrogens (tertiary/aromatic N) is 1. The zero-order valence-electron chi connectivity index (χ0n) is 17.7. The minimum atomic E-state index is -0.259. The molecule has 0 saturated carbocycles. The van der Waals surface area contributed by atoms with Gasteiger partial charge in [0.25, 0.3) is 0 Å². The molecule has 0 aliphatic carbocycles. The molecule has 0 aromatic heterocycles. The highest BCUT2D eigenvalue weighted by Gasteiger charge is 2.31. The topological polar surface area (TPSA) is 44.8 Å². The second-order valence-corrected chi connectivity index (χ2v) is 7.96. The first-order valence-corrected chi connectivity index (χ1v) is 10.4. The molecule has 164 valence electrons. The highest BCUT2D eigenvalue weighted by Crippen LogP contribution is 2.13. The van der Waals surface area contributed by atoms with Crippen LogP contribution in [-0.4, -0.2) is 63.1 Å². The Labute approximate surface area is 196 Å². The lowest BCUT2D eigenvalue weighted by atomic mass is 10.1. The van der Waals surface area contributed by atoms with Crippen LogP contribution in [0, 0.1) is 0 Å². The van der Waals surface area contributed by atoms with Crippen LogP contribution in [0.1, 0.15) is 17.5 Å². The number of halogens is 1. The summed E-state index contributed by atoms with van der Waals surface area (Å²) in [5.74, 6) is -0.165. The summed E-state index contributed by atoms with van der Waals surface area (Å²) in [5.41, 5.74) is 2.27. The van der Waals surface area contributed by atoms with Crippen molar-refractivity contribution < 1.29 is 47.5 Å². The van der Waals surface area contributed by atoms with Crippen molar-refractivity contribution in [3.63, 3.8) is 0 Å². The molecular formula is C24H32INO4. The van der Waals surface area contributed by atoms with E-state index in [1.165, 1.54) is 0 Å². The molecule has 0 amide bonds. The molecule has 1 aliphatic heterocycles. The molecule has 1 fully saturated rings. The molecule has 6 heteroatoms. The summed E-state index contributed by atoms with van der Waals surface area (Å²) >= 11 is 0. The van der Waals surface area contributed by atoms with E-state index in [2.05, 4.69) is 7.05 Å². The van der Waals surface area contributed by atoms with Gasteiger partial charge in [-0.2, -0.15) is 0 Å². The molecule has 1 unspecified atom stereocenters. The van der Waals surface area contributed by atoms with E-state index in [1.807, 2.05) is 60.7 Å². The molecule has 2 aromatic carbocycles. The molecule has 3 rings (SSSR count). The Morgan fingerprint density at radius 3 is 2.23 bits per heavy atom. The summed E-state index contributed by atoms with van der Waals surface area (Å²) in [4.78, 5) is 12.5.